The molecule has 3 heterocycles. The number of piperidine rings is 1. The number of hydrogen-bond acceptors (Lipinski definition) is 6. The third-order valence-electron chi connectivity index (χ3n) is 5.01. The van der Waals surface area contributed by atoms with Crippen molar-refractivity contribution in [2.75, 3.05) is 18.4 Å². The summed E-state index contributed by atoms with van der Waals surface area (Å²) in [5.74, 6) is -1.05. The van der Waals surface area contributed by atoms with Crippen molar-refractivity contribution in [1.82, 2.24) is 4.90 Å². The maximum absolute atomic E-state index is 13.1. The topological polar surface area (TPSA) is 88.8 Å². The Balaban J connectivity index is 1.48. The predicted octanol–water partition coefficient (Wildman–Crippen LogP) is 4.50. The van der Waals surface area contributed by atoms with Crippen molar-refractivity contribution in [2.24, 2.45) is 0 Å². The van der Waals surface area contributed by atoms with Crippen LogP contribution in [0.1, 0.15) is 51.2 Å². The Kier molecular flexibility index (Phi) is 6.47. The van der Waals surface area contributed by atoms with E-state index in [2.05, 4.69) is 5.32 Å². The maximum atomic E-state index is 13.1. The van der Waals surface area contributed by atoms with E-state index >= 15 is 0 Å². The summed E-state index contributed by atoms with van der Waals surface area (Å²) in [4.78, 5) is 40.1. The zero-order chi connectivity index (χ0) is 21.6. The van der Waals surface area contributed by atoms with Gasteiger partial charge in [-0.1, -0.05) is 30.3 Å². The number of carbonyl (C=O) groups is 3. The van der Waals surface area contributed by atoms with Gasteiger partial charge in [-0.05, 0) is 43.5 Å². The minimum Gasteiger partial charge on any atom is -0.459 e. The van der Waals surface area contributed by atoms with Crippen molar-refractivity contribution in [2.45, 2.75) is 25.4 Å². The number of likely N-dealkylation sites (tertiary alicyclic amines) is 1. The van der Waals surface area contributed by atoms with E-state index in [1.165, 1.54) is 6.26 Å². The summed E-state index contributed by atoms with van der Waals surface area (Å²) in [6, 6.07) is 15.4. The van der Waals surface area contributed by atoms with Crippen LogP contribution < -0.4 is 5.32 Å². The lowest BCUT2D eigenvalue weighted by Gasteiger charge is -2.30. The number of benzene rings is 1. The summed E-state index contributed by atoms with van der Waals surface area (Å²) in [7, 11) is 0. The number of amides is 2. The Morgan fingerprint density at radius 3 is 2.45 bits per heavy atom. The molecule has 1 saturated heterocycles. The van der Waals surface area contributed by atoms with Crippen LogP contribution in [0, 0.1) is 0 Å². The van der Waals surface area contributed by atoms with Crippen LogP contribution in [0.2, 0.25) is 0 Å². The van der Waals surface area contributed by atoms with Gasteiger partial charge < -0.3 is 19.4 Å². The number of thiophene rings is 1. The average molecular weight is 439 g/mol. The Labute approximate surface area is 183 Å². The molecule has 4 rings (SSSR count). The van der Waals surface area contributed by atoms with Crippen molar-refractivity contribution in [1.29, 1.82) is 0 Å². The van der Waals surface area contributed by atoms with E-state index in [0.717, 1.165) is 30.6 Å². The van der Waals surface area contributed by atoms with Gasteiger partial charge in [-0.3, -0.25) is 9.59 Å². The molecule has 1 aromatic carbocycles. The van der Waals surface area contributed by atoms with E-state index < -0.39 is 18.0 Å². The number of rotatable bonds is 6. The number of furan rings is 1. The SMILES string of the molecule is O=C(Nc1ccc(C(=O)O[C@H](C(=O)N2CCCCC2)c2ccccc2)s1)c1ccco1. The smallest absolute Gasteiger partial charge is 0.349 e. The number of anilines is 1. The molecule has 2 amide bonds. The molecular weight excluding hydrogens is 416 g/mol. The largest absolute Gasteiger partial charge is 0.459 e. The first-order valence-electron chi connectivity index (χ1n) is 10.1. The molecule has 1 N–H and O–H groups in total. The van der Waals surface area contributed by atoms with E-state index in [1.54, 1.807) is 41.3 Å². The van der Waals surface area contributed by atoms with Crippen molar-refractivity contribution < 1.29 is 23.5 Å². The van der Waals surface area contributed by atoms with Crippen LogP contribution in [-0.4, -0.2) is 35.8 Å². The first kappa shape index (κ1) is 20.9. The number of esters is 1. The maximum Gasteiger partial charge on any atom is 0.349 e. The zero-order valence-electron chi connectivity index (χ0n) is 16.8. The third-order valence-corrected chi connectivity index (χ3v) is 5.99. The van der Waals surface area contributed by atoms with Crippen LogP contribution in [-0.2, 0) is 9.53 Å². The summed E-state index contributed by atoms with van der Waals surface area (Å²) in [5.41, 5.74) is 0.634. The highest BCUT2D eigenvalue weighted by molar-refractivity contribution is 7.18. The normalized spacial score (nSPS) is 14.6. The highest BCUT2D eigenvalue weighted by Gasteiger charge is 2.31. The number of ether oxygens (including phenoxy) is 1. The number of nitrogens with zero attached hydrogens (tertiary/aromatic N) is 1. The van der Waals surface area contributed by atoms with Crippen LogP contribution in [0.15, 0.2) is 65.3 Å². The van der Waals surface area contributed by atoms with Gasteiger partial charge in [0, 0.05) is 18.7 Å². The Bertz CT molecular complexity index is 1040. The lowest BCUT2D eigenvalue weighted by molar-refractivity contribution is -0.142. The second-order valence-corrected chi connectivity index (χ2v) is 8.26. The van der Waals surface area contributed by atoms with Gasteiger partial charge in [-0.25, -0.2) is 4.79 Å². The molecule has 1 aliphatic heterocycles. The Morgan fingerprint density at radius 2 is 1.74 bits per heavy atom. The molecule has 31 heavy (non-hydrogen) atoms. The van der Waals surface area contributed by atoms with E-state index in [1.807, 2.05) is 18.2 Å². The Morgan fingerprint density at radius 1 is 0.968 bits per heavy atom. The predicted molar refractivity (Wildman–Crippen MR) is 116 cm³/mol. The van der Waals surface area contributed by atoms with Gasteiger partial charge in [0.25, 0.3) is 11.8 Å². The molecular formula is C23H22N2O5S. The molecule has 0 saturated carbocycles. The molecule has 0 bridgehead atoms. The van der Waals surface area contributed by atoms with E-state index in [-0.39, 0.29) is 11.7 Å². The quantitative estimate of drug-likeness (QED) is 0.572. The second kappa shape index (κ2) is 9.61. The molecule has 8 heteroatoms. The fraction of sp³-hybridized carbons (Fsp3) is 0.261. The molecule has 1 fully saturated rings. The molecule has 2 aromatic heterocycles. The van der Waals surface area contributed by atoms with Gasteiger partial charge in [0.1, 0.15) is 4.88 Å². The standard InChI is InChI=1S/C23H22N2O5S/c26-21(17-10-7-15-29-17)24-19-12-11-18(31-19)23(28)30-20(16-8-3-1-4-9-16)22(27)25-13-5-2-6-14-25/h1,3-4,7-12,15,20H,2,5-6,13-14H2,(H,24,26)/t20-/m0/s1. The van der Waals surface area contributed by atoms with Crippen LogP contribution in [0.4, 0.5) is 5.00 Å². The lowest BCUT2D eigenvalue weighted by Crippen LogP contribution is -2.40. The molecule has 1 aliphatic rings. The first-order valence-corrected chi connectivity index (χ1v) is 10.9. The van der Waals surface area contributed by atoms with Crippen LogP contribution in [0.5, 0.6) is 0 Å². The highest BCUT2D eigenvalue weighted by atomic mass is 32.1. The van der Waals surface area contributed by atoms with Crippen molar-refractivity contribution in [3.05, 3.63) is 77.1 Å². The van der Waals surface area contributed by atoms with Crippen molar-refractivity contribution >= 4 is 34.1 Å². The molecule has 0 radical (unpaired) electrons. The van der Waals surface area contributed by atoms with Crippen molar-refractivity contribution in [3.63, 3.8) is 0 Å². The molecule has 160 valence electrons. The monoisotopic (exact) mass is 438 g/mol. The third kappa shape index (κ3) is 5.03. The first-order chi connectivity index (χ1) is 15.1. The molecule has 3 aromatic rings. The minimum absolute atomic E-state index is 0.175. The summed E-state index contributed by atoms with van der Waals surface area (Å²) in [5, 5.41) is 3.16. The second-order valence-electron chi connectivity index (χ2n) is 7.18. The highest BCUT2D eigenvalue weighted by Crippen LogP contribution is 2.28. The average Bonchev–Trinajstić information content (AvgIpc) is 3.51. The fourth-order valence-corrected chi connectivity index (χ4v) is 4.21. The van der Waals surface area contributed by atoms with Gasteiger partial charge in [0.05, 0.1) is 11.3 Å². The fourth-order valence-electron chi connectivity index (χ4n) is 3.43. The lowest BCUT2D eigenvalue weighted by atomic mass is 10.1. The molecule has 0 aliphatic carbocycles. The minimum atomic E-state index is -1.00. The molecule has 0 spiro atoms. The number of nitrogens with one attached hydrogen (secondary N) is 1. The van der Waals surface area contributed by atoms with Crippen molar-refractivity contribution in [3.8, 4) is 0 Å². The Hall–Kier alpha value is -3.39. The molecule has 0 unspecified atom stereocenters. The zero-order valence-corrected chi connectivity index (χ0v) is 17.6. The van der Waals surface area contributed by atoms with Crippen LogP contribution in [0.25, 0.3) is 0 Å². The van der Waals surface area contributed by atoms with Gasteiger partial charge in [-0.2, -0.15) is 0 Å². The van der Waals surface area contributed by atoms with Gasteiger partial charge in [0.15, 0.2) is 5.76 Å². The van der Waals surface area contributed by atoms with Gasteiger partial charge in [0.2, 0.25) is 6.10 Å². The van der Waals surface area contributed by atoms with Gasteiger partial charge >= 0.3 is 5.97 Å². The number of hydrogen-bond donors (Lipinski definition) is 1. The molecule has 7 nitrogen and oxygen atoms in total. The van der Waals surface area contributed by atoms with Crippen LogP contribution in [0.3, 0.4) is 0 Å². The summed E-state index contributed by atoms with van der Waals surface area (Å²) < 4.78 is 10.7. The van der Waals surface area contributed by atoms with E-state index in [4.69, 9.17) is 9.15 Å². The van der Waals surface area contributed by atoms with E-state index in [9.17, 15) is 14.4 Å². The number of carbonyl (C=O) groups excluding carboxylic acids is 3. The van der Waals surface area contributed by atoms with Crippen LogP contribution >= 0.6 is 11.3 Å². The molecule has 1 atom stereocenters. The van der Waals surface area contributed by atoms with E-state index in [0.29, 0.717) is 28.5 Å². The summed E-state index contributed by atoms with van der Waals surface area (Å²) >= 11 is 1.08. The summed E-state index contributed by atoms with van der Waals surface area (Å²) in [6.45, 7) is 1.34. The van der Waals surface area contributed by atoms with Gasteiger partial charge in [-0.15, -0.1) is 11.3 Å². The summed E-state index contributed by atoms with van der Waals surface area (Å²) in [6.07, 6.45) is 3.40.